The molecule has 3 heteroatoms. The van der Waals surface area contributed by atoms with Gasteiger partial charge < -0.3 is 9.80 Å². The summed E-state index contributed by atoms with van der Waals surface area (Å²) in [5.41, 5.74) is 28.3. The smallest absolute Gasteiger partial charge is 0.252 e. The van der Waals surface area contributed by atoms with Gasteiger partial charge in [-0.15, -0.1) is 0 Å². The van der Waals surface area contributed by atoms with Crippen molar-refractivity contribution < 1.29 is 0 Å². The molecule has 2 aliphatic rings. The molecule has 0 saturated carbocycles. The number of rotatable bonds is 8. The van der Waals surface area contributed by atoms with Gasteiger partial charge in [-0.05, 0) is 170 Å². The Hall–Kier alpha value is -9.96. The van der Waals surface area contributed by atoms with E-state index in [0.29, 0.717) is 0 Å². The van der Waals surface area contributed by atoms with Crippen LogP contribution in [-0.2, 0) is 16.2 Å². The van der Waals surface area contributed by atoms with Crippen molar-refractivity contribution in [1.29, 1.82) is 0 Å². The van der Waals surface area contributed by atoms with Crippen molar-refractivity contribution >= 4 is 78.8 Å². The van der Waals surface area contributed by atoms with Crippen LogP contribution < -0.4 is 26.2 Å². The fourth-order valence-corrected chi connectivity index (χ4v) is 14.2. The van der Waals surface area contributed by atoms with Gasteiger partial charge in [-0.1, -0.05) is 287 Å². The first-order valence-corrected chi connectivity index (χ1v) is 31.7. The fourth-order valence-electron chi connectivity index (χ4n) is 14.2. The van der Waals surface area contributed by atoms with E-state index in [0.717, 1.165) is 11.4 Å². The summed E-state index contributed by atoms with van der Waals surface area (Å²) in [6.07, 6.45) is 0. The highest BCUT2D eigenvalue weighted by molar-refractivity contribution is 7.00. The SMILES string of the molecule is CC(C)(C)c1cc(-c2ccccc2)c(N2c3cc(-c4ccccc4)ccc3B3c4ccc(-c5c6ccccc6cc6ccccc56)cc4N(c4c(-c5ccccc5)cc(C(C)(C)C)cc4-c4ccccc4)c4cc(C(C)(C)C)cc2c43)c(-c2ccccc2)c1. The maximum atomic E-state index is 2.73. The third-order valence-electron chi connectivity index (χ3n) is 18.8. The summed E-state index contributed by atoms with van der Waals surface area (Å²) in [6.45, 7) is 21.1. The molecule has 0 amide bonds. The predicted octanol–water partition coefficient (Wildman–Crippen LogP) is 22.0. The largest absolute Gasteiger partial charge is 0.310 e. The number of hydrogen-bond acceptors (Lipinski definition) is 2. The number of fused-ring (bicyclic) bond motifs is 6. The van der Waals surface area contributed by atoms with Gasteiger partial charge in [-0.25, -0.2) is 0 Å². The second-order valence-corrected chi connectivity index (χ2v) is 27.7. The Morgan fingerprint density at radius 1 is 0.258 bits per heavy atom. The molecule has 2 nitrogen and oxygen atoms in total. The average molecular weight is 1150 g/mol. The molecule has 0 aliphatic carbocycles. The average Bonchev–Trinajstić information content (AvgIpc) is 1.27. The summed E-state index contributed by atoms with van der Waals surface area (Å²) in [6, 6.07) is 106. The summed E-state index contributed by atoms with van der Waals surface area (Å²) in [5.74, 6) is 0. The summed E-state index contributed by atoms with van der Waals surface area (Å²) in [4.78, 5) is 5.44. The molecule has 89 heavy (non-hydrogen) atoms. The molecule has 0 bridgehead atoms. The van der Waals surface area contributed by atoms with E-state index >= 15 is 0 Å². The standard InChI is InChI=1S/C86H73BN2/c1-84(2,3)65-50-70(57-31-17-11-18-32-57)82(71(51-65)58-33-19-12-20-34-58)88-76-48-61(56-29-15-10-16-30-56)43-45-74(76)87-75-46-44-64(80-68-41-27-25-39-62(68)47-63-40-26-28-42-69(63)80)49-77(75)89(79-55-67(86(7,8)9)54-78(88)81(79)87)83-72(59-35-21-13-22-36-59)52-66(85(4,5)6)53-73(83)60-37-23-14-24-38-60/h10-55H,1-9H3. The summed E-state index contributed by atoms with van der Waals surface area (Å²) >= 11 is 0. The zero-order chi connectivity index (χ0) is 60.9. The van der Waals surface area contributed by atoms with Gasteiger partial charge in [-0.2, -0.15) is 0 Å². The van der Waals surface area contributed by atoms with Gasteiger partial charge >= 0.3 is 0 Å². The maximum absolute atomic E-state index is 2.73. The summed E-state index contributed by atoms with van der Waals surface area (Å²) in [7, 11) is 0. The Bertz CT molecular complexity index is 4700. The molecule has 15 rings (SSSR count). The van der Waals surface area contributed by atoms with Gasteiger partial charge in [0.25, 0.3) is 6.71 Å². The van der Waals surface area contributed by atoms with Crippen LogP contribution in [0, 0.1) is 0 Å². The molecule has 13 aromatic rings. The van der Waals surface area contributed by atoms with Crippen LogP contribution in [-0.4, -0.2) is 6.71 Å². The van der Waals surface area contributed by atoms with Crippen LogP contribution in [0.25, 0.3) is 88.3 Å². The quantitative estimate of drug-likeness (QED) is 0.111. The maximum Gasteiger partial charge on any atom is 0.252 e. The first-order valence-electron chi connectivity index (χ1n) is 31.7. The van der Waals surface area contributed by atoms with Crippen molar-refractivity contribution in [3.05, 3.63) is 296 Å². The normalized spacial score (nSPS) is 12.9. The van der Waals surface area contributed by atoms with Crippen LogP contribution in [0.1, 0.15) is 79.0 Å². The van der Waals surface area contributed by atoms with Crippen molar-refractivity contribution in [1.82, 2.24) is 0 Å². The topological polar surface area (TPSA) is 6.48 Å². The van der Waals surface area contributed by atoms with Crippen molar-refractivity contribution in [2.45, 2.75) is 78.6 Å². The molecule has 0 radical (unpaired) electrons. The summed E-state index contributed by atoms with van der Waals surface area (Å²) < 4.78 is 0. The van der Waals surface area contributed by atoms with Crippen molar-refractivity contribution in [2.24, 2.45) is 0 Å². The first-order chi connectivity index (χ1) is 43.1. The van der Waals surface area contributed by atoms with Gasteiger partial charge in [0.2, 0.25) is 0 Å². The van der Waals surface area contributed by atoms with Gasteiger partial charge in [0.15, 0.2) is 0 Å². The number of hydrogen-bond donors (Lipinski definition) is 0. The van der Waals surface area contributed by atoms with Crippen LogP contribution in [0.2, 0.25) is 0 Å². The molecule has 0 atom stereocenters. The highest BCUT2D eigenvalue weighted by atomic mass is 15.2. The predicted molar refractivity (Wildman–Crippen MR) is 384 cm³/mol. The number of anilines is 6. The third kappa shape index (κ3) is 9.67. The number of benzene rings is 13. The lowest BCUT2D eigenvalue weighted by Crippen LogP contribution is -2.61. The van der Waals surface area contributed by atoms with Crippen LogP contribution in [0.5, 0.6) is 0 Å². The van der Waals surface area contributed by atoms with E-state index in [2.05, 4.69) is 351 Å². The highest BCUT2D eigenvalue weighted by Crippen LogP contribution is 2.56. The molecule has 0 aromatic heterocycles. The van der Waals surface area contributed by atoms with E-state index in [1.54, 1.807) is 0 Å². The van der Waals surface area contributed by atoms with Crippen LogP contribution >= 0.6 is 0 Å². The minimum Gasteiger partial charge on any atom is -0.310 e. The van der Waals surface area contributed by atoms with Gasteiger partial charge in [0.05, 0.1) is 11.4 Å². The molecule has 430 valence electrons. The third-order valence-corrected chi connectivity index (χ3v) is 18.8. The minimum atomic E-state index is -0.282. The summed E-state index contributed by atoms with van der Waals surface area (Å²) in [5, 5.41) is 4.94. The zero-order valence-electron chi connectivity index (χ0n) is 52.5. The number of nitrogens with zero attached hydrogens (tertiary/aromatic N) is 2. The van der Waals surface area contributed by atoms with Gasteiger partial charge in [0.1, 0.15) is 0 Å². The Morgan fingerprint density at radius 2 is 0.573 bits per heavy atom. The lowest BCUT2D eigenvalue weighted by atomic mass is 9.33. The zero-order valence-corrected chi connectivity index (χ0v) is 52.5. The Morgan fingerprint density at radius 3 is 0.944 bits per heavy atom. The second kappa shape index (κ2) is 21.4. The van der Waals surface area contributed by atoms with Crippen LogP contribution in [0.4, 0.5) is 34.1 Å². The molecule has 0 spiro atoms. The Labute approximate surface area is 526 Å². The van der Waals surface area contributed by atoms with Crippen LogP contribution in [0.3, 0.4) is 0 Å². The van der Waals surface area contributed by atoms with Gasteiger partial charge in [0, 0.05) is 45.0 Å². The van der Waals surface area contributed by atoms with E-state index in [4.69, 9.17) is 0 Å². The first kappa shape index (κ1) is 55.6. The molecule has 2 heterocycles. The molecule has 0 N–H and O–H groups in total. The van der Waals surface area contributed by atoms with E-state index in [9.17, 15) is 0 Å². The van der Waals surface area contributed by atoms with Gasteiger partial charge in [-0.3, -0.25) is 0 Å². The molecular formula is C86H73BN2. The lowest BCUT2D eigenvalue weighted by molar-refractivity contribution is 0.590. The molecule has 2 aliphatic heterocycles. The minimum absolute atomic E-state index is 0.154. The molecule has 0 fully saturated rings. The monoisotopic (exact) mass is 1140 g/mol. The molecule has 0 saturated heterocycles. The van der Waals surface area contributed by atoms with E-state index in [1.165, 1.54) is 144 Å². The van der Waals surface area contributed by atoms with Crippen molar-refractivity contribution in [3.63, 3.8) is 0 Å². The Kier molecular flexibility index (Phi) is 13.4. The van der Waals surface area contributed by atoms with E-state index in [-0.39, 0.29) is 23.0 Å². The molecule has 0 unspecified atom stereocenters. The molecular weight excluding hydrogens is 1070 g/mol. The Balaban J connectivity index is 1.15. The van der Waals surface area contributed by atoms with Crippen LogP contribution in [0.15, 0.2) is 279 Å². The van der Waals surface area contributed by atoms with E-state index < -0.39 is 0 Å². The molecule has 13 aromatic carbocycles. The second-order valence-electron chi connectivity index (χ2n) is 27.7. The van der Waals surface area contributed by atoms with E-state index in [1.807, 2.05) is 0 Å². The highest BCUT2D eigenvalue weighted by Gasteiger charge is 2.46. The lowest BCUT2D eigenvalue weighted by Gasteiger charge is -2.47. The van der Waals surface area contributed by atoms with Crippen molar-refractivity contribution in [2.75, 3.05) is 9.80 Å². The fraction of sp³-hybridized carbons (Fsp3) is 0.140. The van der Waals surface area contributed by atoms with Crippen molar-refractivity contribution in [3.8, 4) is 66.8 Å².